The van der Waals surface area contributed by atoms with E-state index in [1.807, 2.05) is 20.8 Å². The summed E-state index contributed by atoms with van der Waals surface area (Å²) < 4.78 is 0. The van der Waals surface area contributed by atoms with Gasteiger partial charge in [-0.25, -0.2) is 0 Å². The highest BCUT2D eigenvalue weighted by atomic mass is 16.4. The van der Waals surface area contributed by atoms with E-state index < -0.39 is 5.97 Å². The molecule has 0 aromatic carbocycles. The van der Waals surface area contributed by atoms with Gasteiger partial charge in [0.1, 0.15) is 0 Å². The van der Waals surface area contributed by atoms with Crippen LogP contribution in [0.4, 0.5) is 0 Å². The average molecular weight is 242 g/mol. The van der Waals surface area contributed by atoms with Gasteiger partial charge < -0.3 is 15.3 Å². The van der Waals surface area contributed by atoms with Crippen molar-refractivity contribution in [2.45, 2.75) is 51.6 Å². The van der Waals surface area contributed by atoms with Gasteiger partial charge in [-0.1, -0.05) is 0 Å². The maximum atomic E-state index is 12.0. The summed E-state index contributed by atoms with van der Waals surface area (Å²) >= 11 is 0. The fourth-order valence-corrected chi connectivity index (χ4v) is 1.66. The Morgan fingerprint density at radius 1 is 1.35 bits per heavy atom. The van der Waals surface area contributed by atoms with Gasteiger partial charge in [-0.3, -0.25) is 9.59 Å². The fourth-order valence-electron chi connectivity index (χ4n) is 1.66. The molecule has 1 amide bonds. The zero-order chi connectivity index (χ0) is 13.1. The van der Waals surface area contributed by atoms with Crippen molar-refractivity contribution in [1.29, 1.82) is 0 Å². The number of carbonyl (C=O) groups is 2. The lowest BCUT2D eigenvalue weighted by molar-refractivity contribution is -0.140. The molecule has 0 spiro atoms. The van der Waals surface area contributed by atoms with Crippen molar-refractivity contribution in [3.05, 3.63) is 0 Å². The molecule has 98 valence electrons. The van der Waals surface area contributed by atoms with Gasteiger partial charge in [-0.15, -0.1) is 0 Å². The Bertz CT molecular complexity index is 293. The van der Waals surface area contributed by atoms with E-state index in [0.717, 1.165) is 12.8 Å². The first-order chi connectivity index (χ1) is 7.80. The number of hydrogen-bond acceptors (Lipinski definition) is 3. The SMILES string of the molecule is CC(C)(C)N(CCC(=O)O)C(=O)CNC1CC1. The second kappa shape index (κ2) is 5.49. The Balaban J connectivity index is 2.47. The minimum atomic E-state index is -0.873. The van der Waals surface area contributed by atoms with Crippen molar-refractivity contribution in [2.75, 3.05) is 13.1 Å². The van der Waals surface area contributed by atoms with E-state index in [9.17, 15) is 9.59 Å². The Labute approximate surface area is 102 Å². The van der Waals surface area contributed by atoms with E-state index in [-0.39, 0.29) is 24.4 Å². The molecule has 0 radical (unpaired) electrons. The van der Waals surface area contributed by atoms with E-state index >= 15 is 0 Å². The number of hydrogen-bond donors (Lipinski definition) is 2. The molecule has 1 aliphatic rings. The van der Waals surface area contributed by atoms with Crippen LogP contribution in [0.2, 0.25) is 0 Å². The summed E-state index contributed by atoms with van der Waals surface area (Å²) in [5.41, 5.74) is -0.336. The zero-order valence-electron chi connectivity index (χ0n) is 10.8. The highest BCUT2D eigenvalue weighted by Gasteiger charge is 2.28. The summed E-state index contributed by atoms with van der Waals surface area (Å²) in [5.74, 6) is -0.896. The van der Waals surface area contributed by atoms with Crippen LogP contribution < -0.4 is 5.32 Å². The van der Waals surface area contributed by atoms with Gasteiger partial charge >= 0.3 is 5.97 Å². The van der Waals surface area contributed by atoms with E-state index in [2.05, 4.69) is 5.32 Å². The van der Waals surface area contributed by atoms with Gasteiger partial charge in [-0.2, -0.15) is 0 Å². The first-order valence-electron chi connectivity index (χ1n) is 6.06. The third-order valence-corrected chi connectivity index (χ3v) is 2.78. The Hall–Kier alpha value is -1.10. The average Bonchev–Trinajstić information content (AvgIpc) is 2.95. The maximum Gasteiger partial charge on any atom is 0.305 e. The molecule has 5 nitrogen and oxygen atoms in total. The summed E-state index contributed by atoms with van der Waals surface area (Å²) in [7, 11) is 0. The van der Waals surface area contributed by atoms with Gasteiger partial charge in [0.2, 0.25) is 5.91 Å². The van der Waals surface area contributed by atoms with Crippen molar-refractivity contribution >= 4 is 11.9 Å². The van der Waals surface area contributed by atoms with Crippen LogP contribution in [0.1, 0.15) is 40.0 Å². The van der Waals surface area contributed by atoms with Gasteiger partial charge in [0.25, 0.3) is 0 Å². The molecule has 1 rings (SSSR count). The van der Waals surface area contributed by atoms with Gasteiger partial charge in [0.05, 0.1) is 13.0 Å². The molecule has 0 aromatic heterocycles. The van der Waals surface area contributed by atoms with Crippen LogP contribution >= 0.6 is 0 Å². The zero-order valence-corrected chi connectivity index (χ0v) is 10.8. The number of aliphatic carboxylic acids is 1. The van der Waals surface area contributed by atoms with Crippen LogP contribution in [-0.4, -0.2) is 46.6 Å². The molecule has 0 aromatic rings. The summed E-state index contributed by atoms with van der Waals surface area (Å²) in [6, 6.07) is 0.486. The number of rotatable bonds is 6. The normalized spacial score (nSPS) is 15.7. The summed E-state index contributed by atoms with van der Waals surface area (Å²) in [6.07, 6.45) is 2.27. The largest absolute Gasteiger partial charge is 0.481 e. The molecule has 5 heteroatoms. The van der Waals surface area contributed by atoms with Crippen molar-refractivity contribution in [3.63, 3.8) is 0 Å². The second-order valence-electron chi connectivity index (χ2n) is 5.52. The standard InChI is InChI=1S/C12H22N2O3/c1-12(2,3)14(7-6-11(16)17)10(15)8-13-9-4-5-9/h9,13H,4-8H2,1-3H3,(H,16,17). The molecular weight excluding hydrogens is 220 g/mol. The van der Waals surface area contributed by atoms with Crippen LogP contribution in [0.3, 0.4) is 0 Å². The Morgan fingerprint density at radius 2 is 1.94 bits per heavy atom. The van der Waals surface area contributed by atoms with Crippen LogP contribution in [0.25, 0.3) is 0 Å². The Kier molecular flexibility index (Phi) is 4.51. The minimum absolute atomic E-state index is 0.00750. The van der Waals surface area contributed by atoms with Crippen LogP contribution in [0.5, 0.6) is 0 Å². The van der Waals surface area contributed by atoms with Crippen molar-refractivity contribution < 1.29 is 14.7 Å². The lowest BCUT2D eigenvalue weighted by Gasteiger charge is -2.35. The van der Waals surface area contributed by atoms with Gasteiger partial charge in [0.15, 0.2) is 0 Å². The lowest BCUT2D eigenvalue weighted by Crippen LogP contribution is -2.50. The summed E-state index contributed by atoms with van der Waals surface area (Å²) in [6.45, 7) is 6.34. The van der Waals surface area contributed by atoms with Crippen molar-refractivity contribution in [3.8, 4) is 0 Å². The quantitative estimate of drug-likeness (QED) is 0.724. The second-order valence-corrected chi connectivity index (χ2v) is 5.52. The smallest absolute Gasteiger partial charge is 0.305 e. The molecule has 0 bridgehead atoms. The fraction of sp³-hybridized carbons (Fsp3) is 0.833. The number of nitrogens with zero attached hydrogens (tertiary/aromatic N) is 1. The summed E-state index contributed by atoms with van der Waals surface area (Å²) in [5, 5.41) is 11.8. The lowest BCUT2D eigenvalue weighted by atomic mass is 10.1. The predicted molar refractivity (Wildman–Crippen MR) is 64.7 cm³/mol. The molecule has 0 heterocycles. The molecular formula is C12H22N2O3. The topological polar surface area (TPSA) is 69.6 Å². The van der Waals surface area contributed by atoms with Crippen molar-refractivity contribution in [1.82, 2.24) is 10.2 Å². The maximum absolute atomic E-state index is 12.0. The number of nitrogens with one attached hydrogen (secondary N) is 1. The number of carboxylic acids is 1. The van der Waals surface area contributed by atoms with Gasteiger partial charge in [-0.05, 0) is 33.6 Å². The van der Waals surface area contributed by atoms with Crippen LogP contribution in [0, 0.1) is 0 Å². The third kappa shape index (κ3) is 5.17. The van der Waals surface area contributed by atoms with Crippen molar-refractivity contribution in [2.24, 2.45) is 0 Å². The number of amides is 1. The first-order valence-corrected chi connectivity index (χ1v) is 6.06. The molecule has 0 saturated heterocycles. The highest BCUT2D eigenvalue weighted by Crippen LogP contribution is 2.19. The van der Waals surface area contributed by atoms with E-state index in [4.69, 9.17) is 5.11 Å². The predicted octanol–water partition coefficient (Wildman–Crippen LogP) is 0.840. The number of carbonyl (C=O) groups excluding carboxylic acids is 1. The molecule has 1 saturated carbocycles. The summed E-state index contributed by atoms with van der Waals surface area (Å²) in [4.78, 5) is 24.2. The minimum Gasteiger partial charge on any atom is -0.481 e. The first kappa shape index (κ1) is 14.0. The number of carboxylic acid groups (broad SMARTS) is 1. The van der Waals surface area contributed by atoms with E-state index in [1.165, 1.54) is 0 Å². The molecule has 1 fully saturated rings. The van der Waals surface area contributed by atoms with Crippen LogP contribution in [-0.2, 0) is 9.59 Å². The highest BCUT2D eigenvalue weighted by molar-refractivity contribution is 5.79. The molecule has 1 aliphatic carbocycles. The molecule has 2 N–H and O–H groups in total. The van der Waals surface area contributed by atoms with E-state index in [0.29, 0.717) is 12.6 Å². The molecule has 17 heavy (non-hydrogen) atoms. The third-order valence-electron chi connectivity index (χ3n) is 2.78. The van der Waals surface area contributed by atoms with Gasteiger partial charge in [0, 0.05) is 18.1 Å². The molecule has 0 atom stereocenters. The Morgan fingerprint density at radius 3 is 2.35 bits per heavy atom. The molecule has 0 unspecified atom stereocenters. The van der Waals surface area contributed by atoms with E-state index in [1.54, 1.807) is 4.90 Å². The van der Waals surface area contributed by atoms with Crippen LogP contribution in [0.15, 0.2) is 0 Å². The monoisotopic (exact) mass is 242 g/mol. The molecule has 0 aliphatic heterocycles.